The number of anilines is 2. The lowest BCUT2D eigenvalue weighted by Gasteiger charge is -2.41. The molecule has 3 fully saturated rings. The summed E-state index contributed by atoms with van der Waals surface area (Å²) in [5.41, 5.74) is 0.0344. The minimum Gasteiger partial charge on any atom is -0.465 e. The number of halogens is 1. The zero-order valence-electron chi connectivity index (χ0n) is 18.0. The van der Waals surface area contributed by atoms with Gasteiger partial charge in [0.1, 0.15) is 5.82 Å². The third kappa shape index (κ3) is 4.20. The number of aliphatic hydroxyl groups excluding tert-OH is 1. The van der Waals surface area contributed by atoms with Crippen molar-refractivity contribution in [1.82, 2.24) is 9.88 Å². The fourth-order valence-electron chi connectivity index (χ4n) is 5.49. The number of hydrogen-bond acceptors (Lipinski definition) is 5. The van der Waals surface area contributed by atoms with Gasteiger partial charge in [-0.25, -0.2) is 9.78 Å². The zero-order valence-corrected chi connectivity index (χ0v) is 18.7. The zero-order chi connectivity index (χ0) is 22.2. The van der Waals surface area contributed by atoms with Crippen LogP contribution < -0.4 is 9.80 Å². The Bertz CT molecular complexity index is 845. The van der Waals surface area contributed by atoms with Crippen LogP contribution in [0.4, 0.5) is 16.3 Å². The normalized spacial score (nSPS) is 28.9. The van der Waals surface area contributed by atoms with E-state index < -0.39 is 11.5 Å². The van der Waals surface area contributed by atoms with E-state index >= 15 is 0 Å². The first kappa shape index (κ1) is 22.1. The van der Waals surface area contributed by atoms with E-state index in [2.05, 4.69) is 14.8 Å². The van der Waals surface area contributed by atoms with Crippen LogP contribution in [0.2, 0.25) is 5.02 Å². The van der Waals surface area contributed by atoms with E-state index in [1.54, 1.807) is 13.0 Å². The third-order valence-corrected chi connectivity index (χ3v) is 7.47. The highest BCUT2D eigenvalue weighted by molar-refractivity contribution is 6.33. The predicted octanol–water partition coefficient (Wildman–Crippen LogP) is 3.36. The van der Waals surface area contributed by atoms with Gasteiger partial charge in [0.2, 0.25) is 5.91 Å². The maximum Gasteiger partial charge on any atom is 0.411 e. The smallest absolute Gasteiger partial charge is 0.411 e. The summed E-state index contributed by atoms with van der Waals surface area (Å²) in [4.78, 5) is 34.7. The second-order valence-electron chi connectivity index (χ2n) is 9.04. The molecule has 4 rings (SSSR count). The summed E-state index contributed by atoms with van der Waals surface area (Å²) in [5, 5.41) is 19.5. The van der Waals surface area contributed by atoms with Gasteiger partial charge in [0.25, 0.3) is 0 Å². The lowest BCUT2D eigenvalue weighted by Crippen LogP contribution is -2.50. The van der Waals surface area contributed by atoms with Gasteiger partial charge >= 0.3 is 6.09 Å². The van der Waals surface area contributed by atoms with Crippen LogP contribution in [0.1, 0.15) is 51.9 Å². The maximum absolute atomic E-state index is 13.5. The fraction of sp³-hybridized carbons (Fsp3) is 0.682. The van der Waals surface area contributed by atoms with Crippen LogP contribution in [0.25, 0.3) is 0 Å². The van der Waals surface area contributed by atoms with Crippen molar-refractivity contribution in [2.24, 2.45) is 5.41 Å². The number of nitrogens with zero attached hydrogens (tertiary/aromatic N) is 4. The molecule has 0 bridgehead atoms. The second-order valence-corrected chi connectivity index (χ2v) is 9.45. The van der Waals surface area contributed by atoms with Crippen molar-refractivity contribution >= 4 is 35.1 Å². The third-order valence-electron chi connectivity index (χ3n) is 7.20. The largest absolute Gasteiger partial charge is 0.465 e. The number of aromatic nitrogens is 1. The van der Waals surface area contributed by atoms with E-state index in [-0.39, 0.29) is 18.1 Å². The standard InChI is InChI=1S/C22H31ClN4O4/c1-2-26(21(30)31)16-12-18(23)19(24-13-16)25-10-3-8-22(14-25)9-11-27(20(22)29)15-4-6-17(28)7-5-15/h12-13,15,17,28H,2-11,14H2,1H3,(H,30,31)/t15-,17+,22-/m0/s1. The monoisotopic (exact) mass is 450 g/mol. The lowest BCUT2D eigenvalue weighted by molar-refractivity contribution is -0.139. The maximum atomic E-state index is 13.5. The van der Waals surface area contributed by atoms with Crippen LogP contribution in [0.3, 0.4) is 0 Å². The Morgan fingerprint density at radius 1 is 1.29 bits per heavy atom. The van der Waals surface area contributed by atoms with Gasteiger partial charge in [-0.2, -0.15) is 0 Å². The number of carbonyl (C=O) groups excluding carboxylic acids is 1. The van der Waals surface area contributed by atoms with E-state index in [9.17, 15) is 19.8 Å². The minimum atomic E-state index is -1.04. The molecule has 170 valence electrons. The van der Waals surface area contributed by atoms with Gasteiger partial charge < -0.3 is 20.0 Å². The highest BCUT2D eigenvalue weighted by Crippen LogP contribution is 2.44. The van der Waals surface area contributed by atoms with Crippen molar-refractivity contribution in [2.45, 2.75) is 64.0 Å². The Morgan fingerprint density at radius 3 is 2.68 bits per heavy atom. The van der Waals surface area contributed by atoms with Gasteiger partial charge in [-0.3, -0.25) is 9.69 Å². The minimum absolute atomic E-state index is 0.228. The first-order valence-electron chi connectivity index (χ1n) is 11.2. The Labute approximate surface area is 187 Å². The highest BCUT2D eigenvalue weighted by atomic mass is 35.5. The molecule has 2 saturated heterocycles. The molecule has 1 saturated carbocycles. The lowest BCUT2D eigenvalue weighted by atomic mass is 9.78. The van der Waals surface area contributed by atoms with E-state index in [0.717, 1.165) is 58.0 Å². The summed E-state index contributed by atoms with van der Waals surface area (Å²) in [6.07, 6.45) is 6.14. The molecule has 3 heterocycles. The van der Waals surface area contributed by atoms with Crippen molar-refractivity contribution < 1.29 is 19.8 Å². The number of carbonyl (C=O) groups is 2. The molecule has 2 aliphatic heterocycles. The number of pyridine rings is 1. The van der Waals surface area contributed by atoms with Gasteiger partial charge in [-0.1, -0.05) is 11.6 Å². The number of piperidine rings is 1. The Hall–Kier alpha value is -2.06. The number of amides is 2. The highest BCUT2D eigenvalue weighted by Gasteiger charge is 2.51. The number of carboxylic acid groups (broad SMARTS) is 1. The number of likely N-dealkylation sites (tertiary alicyclic amines) is 1. The van der Waals surface area contributed by atoms with Gasteiger partial charge in [0, 0.05) is 32.2 Å². The number of aliphatic hydroxyl groups is 1. The summed E-state index contributed by atoms with van der Waals surface area (Å²) in [6.45, 7) is 4.20. The van der Waals surface area contributed by atoms with Crippen LogP contribution in [-0.2, 0) is 4.79 Å². The Kier molecular flexibility index (Phi) is 6.30. The number of hydrogen-bond donors (Lipinski definition) is 2. The van der Waals surface area contributed by atoms with Crippen molar-refractivity contribution in [3.05, 3.63) is 17.3 Å². The fourth-order valence-corrected chi connectivity index (χ4v) is 5.77. The second kappa shape index (κ2) is 8.82. The topological polar surface area (TPSA) is 97.2 Å². The molecule has 1 aromatic rings. The summed E-state index contributed by atoms with van der Waals surface area (Å²) >= 11 is 6.52. The molecule has 2 amide bonds. The quantitative estimate of drug-likeness (QED) is 0.730. The van der Waals surface area contributed by atoms with Crippen LogP contribution in [0.5, 0.6) is 0 Å². The SMILES string of the molecule is CCN(C(=O)O)c1cnc(N2CCC[C@]3(CCN([C@H]4CC[C@@H](O)CC4)C3=O)C2)c(Cl)c1. The molecule has 0 unspecified atom stereocenters. The van der Waals surface area contributed by atoms with Crippen LogP contribution >= 0.6 is 11.6 Å². The van der Waals surface area contributed by atoms with Crippen molar-refractivity contribution in [1.29, 1.82) is 0 Å². The predicted molar refractivity (Wildman–Crippen MR) is 119 cm³/mol. The summed E-state index contributed by atoms with van der Waals surface area (Å²) in [7, 11) is 0. The molecule has 0 aromatic carbocycles. The summed E-state index contributed by atoms with van der Waals surface area (Å²) < 4.78 is 0. The van der Waals surface area contributed by atoms with Gasteiger partial charge in [-0.15, -0.1) is 0 Å². The van der Waals surface area contributed by atoms with Crippen LogP contribution in [-0.4, -0.2) is 70.4 Å². The van der Waals surface area contributed by atoms with E-state index in [1.807, 2.05) is 0 Å². The van der Waals surface area contributed by atoms with Gasteiger partial charge in [0.05, 0.1) is 28.4 Å². The summed E-state index contributed by atoms with van der Waals surface area (Å²) in [6, 6.07) is 1.88. The van der Waals surface area contributed by atoms with Gasteiger partial charge in [0.15, 0.2) is 0 Å². The average Bonchev–Trinajstić information content (AvgIpc) is 3.04. The van der Waals surface area contributed by atoms with Gasteiger partial charge in [-0.05, 0) is 57.9 Å². The molecular formula is C22H31ClN4O4. The van der Waals surface area contributed by atoms with Crippen molar-refractivity contribution in [2.75, 3.05) is 36.0 Å². The molecule has 2 N–H and O–H groups in total. The van der Waals surface area contributed by atoms with Crippen molar-refractivity contribution in [3.63, 3.8) is 0 Å². The molecule has 9 heteroatoms. The molecular weight excluding hydrogens is 420 g/mol. The Morgan fingerprint density at radius 2 is 2.03 bits per heavy atom. The summed E-state index contributed by atoms with van der Waals surface area (Å²) in [5.74, 6) is 0.840. The average molecular weight is 451 g/mol. The first-order chi connectivity index (χ1) is 14.8. The Balaban J connectivity index is 1.50. The molecule has 1 aromatic heterocycles. The van der Waals surface area contributed by atoms with Crippen LogP contribution in [0.15, 0.2) is 12.3 Å². The molecule has 1 aliphatic carbocycles. The van der Waals surface area contributed by atoms with Crippen LogP contribution in [0, 0.1) is 5.41 Å². The molecule has 31 heavy (non-hydrogen) atoms. The number of rotatable bonds is 4. The van der Waals surface area contributed by atoms with E-state index in [0.29, 0.717) is 29.6 Å². The molecule has 0 radical (unpaired) electrons. The molecule has 3 aliphatic rings. The molecule has 1 atom stereocenters. The van der Waals surface area contributed by atoms with Crippen molar-refractivity contribution in [3.8, 4) is 0 Å². The van der Waals surface area contributed by atoms with E-state index in [1.165, 1.54) is 11.1 Å². The first-order valence-corrected chi connectivity index (χ1v) is 11.6. The molecule has 8 nitrogen and oxygen atoms in total. The molecule has 1 spiro atoms. The van der Waals surface area contributed by atoms with E-state index in [4.69, 9.17) is 11.6 Å².